The summed E-state index contributed by atoms with van der Waals surface area (Å²) in [7, 11) is 0. The number of nitrogens with one attached hydrogen (secondary N) is 1. The topological polar surface area (TPSA) is 49.3 Å². The van der Waals surface area contributed by atoms with Crippen molar-refractivity contribution in [2.24, 2.45) is 0 Å². The van der Waals surface area contributed by atoms with Crippen LogP contribution in [-0.4, -0.2) is 28.9 Å². The van der Waals surface area contributed by atoms with Crippen molar-refractivity contribution in [3.05, 3.63) is 29.8 Å². The van der Waals surface area contributed by atoms with E-state index in [2.05, 4.69) is 5.32 Å². The van der Waals surface area contributed by atoms with Crippen LogP contribution in [0.1, 0.15) is 31.2 Å². The molecule has 0 spiro atoms. The van der Waals surface area contributed by atoms with Crippen LogP contribution in [0.25, 0.3) is 0 Å². The van der Waals surface area contributed by atoms with Crippen molar-refractivity contribution >= 4 is 17.7 Å². The van der Waals surface area contributed by atoms with Gasteiger partial charge in [0.05, 0.1) is 11.4 Å². The lowest BCUT2D eigenvalue weighted by Crippen LogP contribution is -2.41. The average Bonchev–Trinajstić information content (AvgIpc) is 2.83. The van der Waals surface area contributed by atoms with Gasteiger partial charge in [0, 0.05) is 11.4 Å². The molecule has 1 fully saturated rings. The van der Waals surface area contributed by atoms with Crippen molar-refractivity contribution < 1.29 is 9.90 Å². The summed E-state index contributed by atoms with van der Waals surface area (Å²) in [6, 6.07) is 8.04. The minimum absolute atomic E-state index is 0.00595. The number of benzene rings is 1. The highest BCUT2D eigenvalue weighted by Crippen LogP contribution is 2.28. The van der Waals surface area contributed by atoms with E-state index in [9.17, 15) is 9.90 Å². The molecule has 0 heterocycles. The molecule has 1 aromatic carbocycles. The normalized spacial score (nSPS) is 17.4. The minimum Gasteiger partial charge on any atom is -0.388 e. The van der Waals surface area contributed by atoms with E-state index in [0.717, 1.165) is 30.6 Å². The predicted octanol–water partition coefficient (Wildman–Crippen LogP) is 2.51. The van der Waals surface area contributed by atoms with Gasteiger partial charge < -0.3 is 10.4 Å². The van der Waals surface area contributed by atoms with Crippen molar-refractivity contribution in [3.8, 4) is 0 Å². The maximum atomic E-state index is 11.8. The van der Waals surface area contributed by atoms with Crippen LogP contribution in [-0.2, 0) is 4.79 Å². The van der Waals surface area contributed by atoms with Crippen LogP contribution in [0.4, 0.5) is 0 Å². The Balaban J connectivity index is 1.74. The zero-order valence-corrected chi connectivity index (χ0v) is 12.1. The first-order valence-electron chi connectivity index (χ1n) is 6.77. The lowest BCUT2D eigenvalue weighted by atomic mass is 10.0. The van der Waals surface area contributed by atoms with E-state index < -0.39 is 5.60 Å². The molecule has 0 bridgehead atoms. The van der Waals surface area contributed by atoms with E-state index in [1.807, 2.05) is 31.2 Å². The summed E-state index contributed by atoms with van der Waals surface area (Å²) in [6.45, 7) is 2.43. The molecule has 1 aliphatic carbocycles. The van der Waals surface area contributed by atoms with E-state index in [4.69, 9.17) is 0 Å². The summed E-state index contributed by atoms with van der Waals surface area (Å²) in [4.78, 5) is 12.9. The molecule has 0 unspecified atom stereocenters. The fourth-order valence-corrected chi connectivity index (χ4v) is 3.24. The molecular formula is C15H21NO2S. The Hall–Kier alpha value is -1.00. The number of carbonyl (C=O) groups excluding carboxylic acids is 1. The molecule has 0 aliphatic heterocycles. The van der Waals surface area contributed by atoms with Gasteiger partial charge in [-0.05, 0) is 31.4 Å². The summed E-state index contributed by atoms with van der Waals surface area (Å²) in [5, 5.41) is 13.0. The first-order valence-corrected chi connectivity index (χ1v) is 7.75. The fourth-order valence-electron chi connectivity index (χ4n) is 2.39. The summed E-state index contributed by atoms with van der Waals surface area (Å²) in [5.74, 6) is 0.398. The Morgan fingerprint density at radius 2 is 2.05 bits per heavy atom. The molecule has 4 heteroatoms. The zero-order valence-electron chi connectivity index (χ0n) is 11.3. The number of aliphatic hydroxyl groups is 1. The SMILES string of the molecule is Cc1ccccc1SCC(=O)NCC1(O)CCCC1. The van der Waals surface area contributed by atoms with Crippen LogP contribution in [0, 0.1) is 6.92 Å². The van der Waals surface area contributed by atoms with Crippen LogP contribution in [0.3, 0.4) is 0 Å². The number of rotatable bonds is 5. The Labute approximate surface area is 118 Å². The second-order valence-electron chi connectivity index (χ2n) is 5.26. The lowest BCUT2D eigenvalue weighted by Gasteiger charge is -2.22. The monoisotopic (exact) mass is 279 g/mol. The molecule has 0 aromatic heterocycles. The third-order valence-electron chi connectivity index (χ3n) is 3.60. The molecule has 19 heavy (non-hydrogen) atoms. The van der Waals surface area contributed by atoms with E-state index >= 15 is 0 Å². The molecule has 3 nitrogen and oxygen atoms in total. The van der Waals surface area contributed by atoms with E-state index in [1.54, 1.807) is 11.8 Å². The summed E-state index contributed by atoms with van der Waals surface area (Å²) in [6.07, 6.45) is 3.73. The third kappa shape index (κ3) is 4.25. The molecule has 1 saturated carbocycles. The van der Waals surface area contributed by atoms with Crippen LogP contribution >= 0.6 is 11.8 Å². The maximum Gasteiger partial charge on any atom is 0.230 e. The molecule has 104 valence electrons. The highest BCUT2D eigenvalue weighted by atomic mass is 32.2. The zero-order chi connectivity index (χ0) is 13.7. The minimum atomic E-state index is -0.664. The van der Waals surface area contributed by atoms with Crippen LogP contribution in [0.5, 0.6) is 0 Å². The highest BCUT2D eigenvalue weighted by Gasteiger charge is 2.31. The maximum absolute atomic E-state index is 11.8. The van der Waals surface area contributed by atoms with E-state index in [0.29, 0.717) is 12.3 Å². The third-order valence-corrected chi connectivity index (χ3v) is 4.78. The van der Waals surface area contributed by atoms with Crippen LogP contribution < -0.4 is 5.32 Å². The van der Waals surface area contributed by atoms with E-state index in [1.165, 1.54) is 5.56 Å². The van der Waals surface area contributed by atoms with Gasteiger partial charge in [-0.2, -0.15) is 0 Å². The fraction of sp³-hybridized carbons (Fsp3) is 0.533. The van der Waals surface area contributed by atoms with Crippen molar-refractivity contribution in [1.29, 1.82) is 0 Å². The van der Waals surface area contributed by atoms with Gasteiger partial charge in [-0.25, -0.2) is 0 Å². The van der Waals surface area contributed by atoms with Gasteiger partial charge in [0.25, 0.3) is 0 Å². The number of aryl methyl sites for hydroxylation is 1. The quantitative estimate of drug-likeness (QED) is 0.814. The Morgan fingerprint density at radius 3 is 2.74 bits per heavy atom. The Bertz CT molecular complexity index is 442. The summed E-state index contributed by atoms with van der Waals surface area (Å²) < 4.78 is 0. The number of carbonyl (C=O) groups is 1. The molecule has 2 rings (SSSR count). The van der Waals surface area contributed by atoms with Crippen molar-refractivity contribution in [2.75, 3.05) is 12.3 Å². The molecular weight excluding hydrogens is 258 g/mol. The number of hydrogen-bond donors (Lipinski definition) is 2. The lowest BCUT2D eigenvalue weighted by molar-refractivity contribution is -0.119. The second-order valence-corrected chi connectivity index (χ2v) is 6.28. The van der Waals surface area contributed by atoms with Crippen LogP contribution in [0.2, 0.25) is 0 Å². The van der Waals surface area contributed by atoms with Gasteiger partial charge in [-0.3, -0.25) is 4.79 Å². The molecule has 0 atom stereocenters. The Morgan fingerprint density at radius 1 is 1.37 bits per heavy atom. The largest absolute Gasteiger partial charge is 0.388 e. The predicted molar refractivity (Wildman–Crippen MR) is 78.3 cm³/mol. The van der Waals surface area contributed by atoms with Crippen LogP contribution in [0.15, 0.2) is 29.2 Å². The van der Waals surface area contributed by atoms with Gasteiger partial charge in [-0.15, -0.1) is 11.8 Å². The van der Waals surface area contributed by atoms with Crippen molar-refractivity contribution in [1.82, 2.24) is 5.32 Å². The van der Waals surface area contributed by atoms with Gasteiger partial charge >= 0.3 is 0 Å². The first-order chi connectivity index (χ1) is 9.09. The molecule has 0 saturated heterocycles. The molecule has 2 N–H and O–H groups in total. The van der Waals surface area contributed by atoms with Gasteiger partial charge in [-0.1, -0.05) is 31.0 Å². The standard InChI is InChI=1S/C15H21NO2S/c1-12-6-2-3-7-13(12)19-10-14(17)16-11-15(18)8-4-5-9-15/h2-3,6-7,18H,4-5,8-11H2,1H3,(H,16,17). The highest BCUT2D eigenvalue weighted by molar-refractivity contribution is 8.00. The molecule has 1 aliphatic rings. The van der Waals surface area contributed by atoms with E-state index in [-0.39, 0.29) is 5.91 Å². The number of amides is 1. The van der Waals surface area contributed by atoms with Gasteiger partial charge in [0.1, 0.15) is 0 Å². The summed E-state index contributed by atoms with van der Waals surface area (Å²) >= 11 is 1.54. The van der Waals surface area contributed by atoms with Gasteiger partial charge in [0.2, 0.25) is 5.91 Å². The Kier molecular flexibility index (Phi) is 4.88. The first kappa shape index (κ1) is 14.4. The van der Waals surface area contributed by atoms with Crippen molar-refractivity contribution in [2.45, 2.75) is 43.1 Å². The summed E-state index contributed by atoms with van der Waals surface area (Å²) in [5.41, 5.74) is 0.526. The number of thioether (sulfide) groups is 1. The second kappa shape index (κ2) is 6.44. The smallest absolute Gasteiger partial charge is 0.230 e. The molecule has 0 radical (unpaired) electrons. The number of hydrogen-bond acceptors (Lipinski definition) is 3. The van der Waals surface area contributed by atoms with Crippen molar-refractivity contribution in [3.63, 3.8) is 0 Å². The van der Waals surface area contributed by atoms with Gasteiger partial charge in [0.15, 0.2) is 0 Å². The molecule has 1 amide bonds. The average molecular weight is 279 g/mol. The molecule has 1 aromatic rings.